The number of allylic oxidation sites excluding steroid dienone is 3. The lowest BCUT2D eigenvalue weighted by atomic mass is 9.85. The Kier molecular flexibility index (Phi) is 17.1. The van der Waals surface area contributed by atoms with Crippen LogP contribution in [0.3, 0.4) is 0 Å². The molecule has 79 heavy (non-hydrogen) atoms. The zero-order valence-corrected chi connectivity index (χ0v) is 45.7. The van der Waals surface area contributed by atoms with E-state index in [1.807, 2.05) is 83.1 Å². The molecule has 20 heteroatoms. The Balaban J connectivity index is 1.88. The molecule has 0 amide bonds. The number of benzene rings is 4. The first-order chi connectivity index (χ1) is 35.8. The SMILES string of the molecule is CC(C)(C)c1ccc(C2=CC(c3ccc(C(C)(C)C)cc3)=N/C2=C(/CCC(F)(F)C(F)(F)F)c2c(-c3ccc(C(C)(C)C)cc3)cc(-c3ccc(C(C)(C)C)cc3)n2B(OCC(F)(F)C(F)(F)F)OCC(F)(F)C(F)(F)F)cc1. The first kappa shape index (κ1) is 62.4. The third-order valence-corrected chi connectivity index (χ3v) is 13.6. The number of nitrogens with zero attached hydrogens (tertiary/aromatic N) is 2. The molecule has 428 valence electrons. The summed E-state index contributed by atoms with van der Waals surface area (Å²) in [7, 11) is -3.18. The number of halogens is 15. The average molecular weight is 1130 g/mol. The predicted molar refractivity (Wildman–Crippen MR) is 280 cm³/mol. The first-order valence-electron chi connectivity index (χ1n) is 25.1. The Morgan fingerprint density at radius 1 is 0.443 bits per heavy atom. The molecule has 1 aliphatic heterocycles. The molecule has 4 aromatic carbocycles. The molecule has 0 N–H and O–H groups in total. The summed E-state index contributed by atoms with van der Waals surface area (Å²) in [4.78, 5) is 4.90. The topological polar surface area (TPSA) is 35.8 Å². The quantitative estimate of drug-likeness (QED) is 0.0774. The van der Waals surface area contributed by atoms with Crippen LogP contribution in [0.2, 0.25) is 0 Å². The minimum atomic E-state index is -6.41. The van der Waals surface area contributed by atoms with E-state index in [9.17, 15) is 39.5 Å². The van der Waals surface area contributed by atoms with Gasteiger partial charge in [-0.05, 0) is 79.2 Å². The summed E-state index contributed by atoms with van der Waals surface area (Å²) >= 11 is 0. The van der Waals surface area contributed by atoms with Gasteiger partial charge in [0.25, 0.3) is 0 Å². The van der Waals surface area contributed by atoms with Crippen LogP contribution >= 0.6 is 0 Å². The zero-order chi connectivity index (χ0) is 59.5. The molecule has 0 fully saturated rings. The van der Waals surface area contributed by atoms with Crippen molar-refractivity contribution in [2.45, 2.75) is 154 Å². The van der Waals surface area contributed by atoms with E-state index >= 15 is 26.3 Å². The Bertz CT molecular complexity index is 3010. The molecule has 0 atom stereocenters. The Labute approximate surface area is 451 Å². The highest BCUT2D eigenvalue weighted by molar-refractivity contribution is 6.44. The second-order valence-corrected chi connectivity index (χ2v) is 23.9. The minimum Gasteiger partial charge on any atom is -0.385 e. The highest BCUT2D eigenvalue weighted by atomic mass is 19.4. The zero-order valence-electron chi connectivity index (χ0n) is 45.7. The van der Waals surface area contributed by atoms with Gasteiger partial charge in [-0.3, -0.25) is 0 Å². The summed E-state index contributed by atoms with van der Waals surface area (Å²) in [5.74, 6) is -17.2. The standard InChI is InChI=1S/C59H62BF15N2O2/c1-50(2,3)39-21-13-35(14-22-39)44-31-46(37-17-25-41(26-18-37)52(7,8)9)76-48(44)43(29-30-54(61,62)57(67,68)69)49-45(36-15-23-40(24-16-36)51(4,5)6)32-47(38-19-27-42(28-20-38)53(10,11)12)77(49)60(78-33-55(63,64)58(70,71)72)79-34-56(65,66)59(73,74)75/h13-28,31-32H,29-30,33-34H2,1-12H3/b48-43-. The molecule has 0 spiro atoms. The van der Waals surface area contributed by atoms with Crippen molar-refractivity contribution in [3.05, 3.63) is 154 Å². The van der Waals surface area contributed by atoms with Gasteiger partial charge in [0.15, 0.2) is 0 Å². The van der Waals surface area contributed by atoms with Crippen molar-refractivity contribution < 1.29 is 75.2 Å². The minimum absolute atomic E-state index is 0.0396. The van der Waals surface area contributed by atoms with Crippen LogP contribution in [-0.2, 0) is 31.0 Å². The molecule has 4 nitrogen and oxygen atoms in total. The first-order valence-corrected chi connectivity index (χ1v) is 25.1. The van der Waals surface area contributed by atoms with Crippen LogP contribution in [-0.4, -0.2) is 67.0 Å². The van der Waals surface area contributed by atoms with Gasteiger partial charge in [-0.25, -0.2) is 4.99 Å². The molecule has 1 aliphatic rings. The Hall–Kier alpha value is -5.76. The fraction of sp³-hybridized carbons (Fsp3) is 0.441. The summed E-state index contributed by atoms with van der Waals surface area (Å²) in [5, 5.41) is 0. The maximum absolute atomic E-state index is 15.7. The van der Waals surface area contributed by atoms with Gasteiger partial charge in [0.2, 0.25) is 0 Å². The normalized spacial score (nSPS) is 15.4. The molecule has 0 aliphatic carbocycles. The molecular formula is C59H62BF15N2O2. The molecule has 0 saturated heterocycles. The van der Waals surface area contributed by atoms with Gasteiger partial charge < -0.3 is 13.8 Å². The van der Waals surface area contributed by atoms with Crippen molar-refractivity contribution in [1.29, 1.82) is 0 Å². The van der Waals surface area contributed by atoms with Crippen LogP contribution in [0.1, 0.15) is 135 Å². The van der Waals surface area contributed by atoms with Crippen molar-refractivity contribution in [2.24, 2.45) is 4.99 Å². The summed E-state index contributed by atoms with van der Waals surface area (Å²) in [6.07, 6.45) is -21.0. The van der Waals surface area contributed by atoms with E-state index in [-0.39, 0.29) is 39.1 Å². The van der Waals surface area contributed by atoms with E-state index in [1.165, 1.54) is 36.4 Å². The van der Waals surface area contributed by atoms with Gasteiger partial charge in [-0.2, -0.15) is 65.9 Å². The van der Waals surface area contributed by atoms with E-state index in [1.54, 1.807) is 72.8 Å². The predicted octanol–water partition coefficient (Wildman–Crippen LogP) is 18.5. The number of alkyl halides is 15. The summed E-state index contributed by atoms with van der Waals surface area (Å²) in [6, 6.07) is 26.9. The van der Waals surface area contributed by atoms with Gasteiger partial charge in [-0.1, -0.05) is 180 Å². The number of hydrogen-bond donors (Lipinski definition) is 0. The second-order valence-electron chi connectivity index (χ2n) is 23.9. The van der Waals surface area contributed by atoms with Crippen LogP contribution in [0.25, 0.3) is 33.5 Å². The van der Waals surface area contributed by atoms with Crippen molar-refractivity contribution in [2.75, 3.05) is 13.2 Å². The van der Waals surface area contributed by atoms with Gasteiger partial charge in [-0.15, -0.1) is 0 Å². The highest BCUT2D eigenvalue weighted by Crippen LogP contribution is 2.49. The summed E-state index contributed by atoms with van der Waals surface area (Å²) < 4.78 is 229. The van der Waals surface area contributed by atoms with Gasteiger partial charge >= 0.3 is 43.5 Å². The van der Waals surface area contributed by atoms with Crippen LogP contribution < -0.4 is 0 Å². The molecule has 0 saturated carbocycles. The lowest BCUT2D eigenvalue weighted by Gasteiger charge is -2.28. The fourth-order valence-electron chi connectivity index (χ4n) is 8.58. The summed E-state index contributed by atoms with van der Waals surface area (Å²) in [6.45, 7) is 17.1. The van der Waals surface area contributed by atoms with E-state index in [0.717, 1.165) is 11.1 Å². The van der Waals surface area contributed by atoms with Crippen molar-refractivity contribution in [3.8, 4) is 22.4 Å². The molecule has 0 bridgehead atoms. The molecule has 5 aromatic rings. The molecule has 2 heterocycles. The molecular weight excluding hydrogens is 1060 g/mol. The van der Waals surface area contributed by atoms with Crippen molar-refractivity contribution in [3.63, 3.8) is 0 Å². The Morgan fingerprint density at radius 3 is 1.14 bits per heavy atom. The van der Waals surface area contributed by atoms with Gasteiger partial charge in [0.05, 0.1) is 11.4 Å². The van der Waals surface area contributed by atoms with Crippen LogP contribution in [0.4, 0.5) is 65.9 Å². The van der Waals surface area contributed by atoms with E-state index in [2.05, 4.69) is 0 Å². The van der Waals surface area contributed by atoms with Crippen LogP contribution in [0.5, 0.6) is 0 Å². The Morgan fingerprint density at radius 2 is 0.785 bits per heavy atom. The smallest absolute Gasteiger partial charge is 0.385 e. The lowest BCUT2D eigenvalue weighted by Crippen LogP contribution is -2.48. The van der Waals surface area contributed by atoms with Gasteiger partial charge in [0, 0.05) is 40.1 Å². The third kappa shape index (κ3) is 14.1. The average Bonchev–Trinajstić information content (AvgIpc) is 3.96. The number of aromatic nitrogens is 1. The highest BCUT2D eigenvalue weighted by Gasteiger charge is 2.61. The van der Waals surface area contributed by atoms with E-state index < -0.39 is 103 Å². The maximum atomic E-state index is 15.7. The largest absolute Gasteiger partial charge is 0.598 e. The summed E-state index contributed by atoms with van der Waals surface area (Å²) in [5.41, 5.74) is -0.281. The fourth-order valence-corrected chi connectivity index (χ4v) is 8.58. The number of rotatable bonds is 15. The van der Waals surface area contributed by atoms with Crippen molar-refractivity contribution in [1.82, 2.24) is 4.48 Å². The van der Waals surface area contributed by atoms with Gasteiger partial charge in [0.1, 0.15) is 13.2 Å². The molecule has 1 aromatic heterocycles. The lowest BCUT2D eigenvalue weighted by molar-refractivity contribution is -0.295. The van der Waals surface area contributed by atoms with E-state index in [0.29, 0.717) is 26.7 Å². The molecule has 0 radical (unpaired) electrons. The second kappa shape index (κ2) is 21.6. The van der Waals surface area contributed by atoms with Crippen LogP contribution in [0.15, 0.2) is 120 Å². The molecule has 0 unspecified atom stereocenters. The third-order valence-electron chi connectivity index (χ3n) is 13.6. The van der Waals surface area contributed by atoms with Crippen molar-refractivity contribution >= 4 is 24.1 Å². The monoisotopic (exact) mass is 1130 g/mol. The number of aliphatic imine (C=N–C) groups is 1. The van der Waals surface area contributed by atoms with Crippen LogP contribution in [0, 0.1) is 0 Å². The number of hydrogen-bond acceptors (Lipinski definition) is 3. The van der Waals surface area contributed by atoms with E-state index in [4.69, 9.17) is 14.3 Å². The molecule has 6 rings (SSSR count). The maximum Gasteiger partial charge on any atom is 0.598 e.